The van der Waals surface area contributed by atoms with Crippen molar-refractivity contribution < 1.29 is 26.7 Å². The normalized spacial score (nSPS) is 32.7. The molecule has 0 heterocycles. The van der Waals surface area contributed by atoms with Crippen LogP contribution in [0.4, 0.5) is 13.2 Å². The van der Waals surface area contributed by atoms with Gasteiger partial charge < -0.3 is 5.11 Å². The van der Waals surface area contributed by atoms with Crippen LogP contribution >= 0.6 is 0 Å². The Bertz CT molecular complexity index is 336. The van der Waals surface area contributed by atoms with Gasteiger partial charge in [-0.05, 0) is 19.3 Å². The molecule has 0 radical (unpaired) electrons. The van der Waals surface area contributed by atoms with Gasteiger partial charge in [-0.2, -0.15) is 13.2 Å². The maximum Gasteiger partial charge on any atom is 0.393 e. The Hall–Kier alpha value is -0.300. The fourth-order valence-electron chi connectivity index (χ4n) is 2.09. The molecule has 3 nitrogen and oxygen atoms in total. The summed E-state index contributed by atoms with van der Waals surface area (Å²) in [4.78, 5) is 0. The molecular formula is C9H15F3O3S. The third-order valence-electron chi connectivity index (χ3n) is 3.05. The summed E-state index contributed by atoms with van der Waals surface area (Å²) in [6.07, 6.45) is -6.05. The lowest BCUT2D eigenvalue weighted by Crippen LogP contribution is -2.45. The Kier molecular flexibility index (Phi) is 3.89. The molecular weight excluding hydrogens is 245 g/mol. The Labute approximate surface area is 92.6 Å². The largest absolute Gasteiger partial charge is 0.393 e. The van der Waals surface area contributed by atoms with Crippen molar-refractivity contribution in [1.82, 2.24) is 0 Å². The highest BCUT2D eigenvalue weighted by molar-refractivity contribution is 7.92. The van der Waals surface area contributed by atoms with E-state index in [1.54, 1.807) is 0 Å². The zero-order valence-electron chi connectivity index (χ0n) is 8.87. The van der Waals surface area contributed by atoms with Gasteiger partial charge in [0, 0.05) is 5.75 Å². The highest BCUT2D eigenvalue weighted by Crippen LogP contribution is 2.41. The molecule has 96 valence electrons. The number of aliphatic hydroxyl groups is 1. The van der Waals surface area contributed by atoms with Crippen LogP contribution in [0, 0.1) is 5.92 Å². The van der Waals surface area contributed by atoms with E-state index in [0.29, 0.717) is 0 Å². The second kappa shape index (κ2) is 4.52. The average Bonchev–Trinajstić information content (AvgIpc) is 2.15. The lowest BCUT2D eigenvalue weighted by molar-refractivity contribution is -0.184. The van der Waals surface area contributed by atoms with E-state index in [1.807, 2.05) is 0 Å². The summed E-state index contributed by atoms with van der Waals surface area (Å²) in [5, 5.41) is 7.81. The molecule has 3 atom stereocenters. The maximum absolute atomic E-state index is 12.6. The van der Waals surface area contributed by atoms with Crippen molar-refractivity contribution >= 4 is 9.84 Å². The molecule has 0 saturated heterocycles. The van der Waals surface area contributed by atoms with E-state index in [1.165, 1.54) is 6.92 Å². The number of rotatable bonds is 2. The molecule has 16 heavy (non-hydrogen) atoms. The lowest BCUT2D eigenvalue weighted by atomic mass is 9.86. The molecule has 1 aliphatic rings. The number of hydrogen-bond donors (Lipinski definition) is 1. The predicted octanol–water partition coefficient (Wildman–Crippen LogP) is 1.51. The van der Waals surface area contributed by atoms with E-state index >= 15 is 0 Å². The first-order valence-electron chi connectivity index (χ1n) is 5.14. The summed E-state index contributed by atoms with van der Waals surface area (Å²) in [7, 11) is -3.77. The molecule has 1 aliphatic carbocycles. The van der Waals surface area contributed by atoms with Crippen molar-refractivity contribution in [1.29, 1.82) is 0 Å². The second-order valence-corrected chi connectivity index (χ2v) is 6.61. The quantitative estimate of drug-likeness (QED) is 0.819. The van der Waals surface area contributed by atoms with Gasteiger partial charge in [0.2, 0.25) is 0 Å². The predicted molar refractivity (Wildman–Crippen MR) is 52.7 cm³/mol. The van der Waals surface area contributed by atoms with E-state index < -0.39 is 33.3 Å². The van der Waals surface area contributed by atoms with Crippen LogP contribution in [0.5, 0.6) is 0 Å². The van der Waals surface area contributed by atoms with Gasteiger partial charge in [-0.15, -0.1) is 0 Å². The van der Waals surface area contributed by atoms with Gasteiger partial charge in [-0.25, -0.2) is 8.42 Å². The van der Waals surface area contributed by atoms with Crippen molar-refractivity contribution in [2.24, 2.45) is 5.92 Å². The Morgan fingerprint density at radius 1 is 1.31 bits per heavy atom. The van der Waals surface area contributed by atoms with Crippen molar-refractivity contribution in [2.45, 2.75) is 43.7 Å². The highest BCUT2D eigenvalue weighted by atomic mass is 32.2. The van der Waals surface area contributed by atoms with Crippen LogP contribution in [-0.2, 0) is 9.84 Å². The molecule has 1 N–H and O–H groups in total. The van der Waals surface area contributed by atoms with E-state index in [9.17, 15) is 26.7 Å². The molecule has 7 heteroatoms. The zero-order chi connectivity index (χ0) is 12.6. The monoisotopic (exact) mass is 260 g/mol. The summed E-state index contributed by atoms with van der Waals surface area (Å²) >= 11 is 0. The van der Waals surface area contributed by atoms with Gasteiger partial charge in [0.15, 0.2) is 9.84 Å². The van der Waals surface area contributed by atoms with Crippen LogP contribution in [0.15, 0.2) is 0 Å². The lowest BCUT2D eigenvalue weighted by Gasteiger charge is -2.34. The number of hydrogen-bond acceptors (Lipinski definition) is 3. The van der Waals surface area contributed by atoms with Crippen molar-refractivity contribution in [3.63, 3.8) is 0 Å². The highest BCUT2D eigenvalue weighted by Gasteiger charge is 2.51. The number of aliphatic hydroxyl groups excluding tert-OH is 1. The molecule has 1 saturated carbocycles. The maximum atomic E-state index is 12.6. The Morgan fingerprint density at radius 2 is 1.88 bits per heavy atom. The first-order chi connectivity index (χ1) is 7.18. The van der Waals surface area contributed by atoms with Gasteiger partial charge in [0.1, 0.15) is 0 Å². The average molecular weight is 260 g/mol. The van der Waals surface area contributed by atoms with E-state index in [0.717, 1.165) is 0 Å². The molecule has 0 bridgehead atoms. The summed E-state index contributed by atoms with van der Waals surface area (Å²) < 4.78 is 61.0. The number of halogens is 3. The van der Waals surface area contributed by atoms with Crippen LogP contribution < -0.4 is 0 Å². The molecule has 1 fully saturated rings. The minimum absolute atomic E-state index is 0.0138. The van der Waals surface area contributed by atoms with Crippen LogP contribution in [-0.4, -0.2) is 36.8 Å². The molecule has 0 spiro atoms. The van der Waals surface area contributed by atoms with E-state index in [4.69, 9.17) is 0 Å². The van der Waals surface area contributed by atoms with Gasteiger partial charge >= 0.3 is 6.18 Å². The van der Waals surface area contributed by atoms with Gasteiger partial charge in [-0.3, -0.25) is 0 Å². The third kappa shape index (κ3) is 2.88. The molecule has 0 aliphatic heterocycles. The smallest absolute Gasteiger partial charge is 0.393 e. The summed E-state index contributed by atoms with van der Waals surface area (Å²) in [6.45, 7) is 1.32. The van der Waals surface area contributed by atoms with Gasteiger partial charge in [-0.1, -0.05) is 6.92 Å². The minimum atomic E-state index is -4.51. The number of sulfone groups is 1. The van der Waals surface area contributed by atoms with E-state index in [2.05, 4.69) is 0 Å². The van der Waals surface area contributed by atoms with Crippen LogP contribution in [0.1, 0.15) is 26.2 Å². The van der Waals surface area contributed by atoms with Crippen molar-refractivity contribution in [2.75, 3.05) is 5.75 Å². The SMILES string of the molecule is CCS(=O)(=O)C1CC(O)CCC1C(F)(F)F. The van der Waals surface area contributed by atoms with Crippen molar-refractivity contribution in [3.05, 3.63) is 0 Å². The Morgan fingerprint density at radius 3 is 2.31 bits per heavy atom. The standard InChI is InChI=1S/C9H15F3O3S/c1-2-16(14,15)8-5-6(13)3-4-7(8)9(10,11)12/h6-8,13H,2-5H2,1H3. The minimum Gasteiger partial charge on any atom is -0.393 e. The molecule has 0 aromatic carbocycles. The zero-order valence-corrected chi connectivity index (χ0v) is 9.68. The molecule has 0 amide bonds. The third-order valence-corrected chi connectivity index (χ3v) is 5.30. The molecule has 1 rings (SSSR count). The Balaban J connectivity index is 2.99. The number of alkyl halides is 3. The topological polar surface area (TPSA) is 54.4 Å². The first-order valence-corrected chi connectivity index (χ1v) is 6.86. The molecule has 0 aromatic heterocycles. The fraction of sp³-hybridized carbons (Fsp3) is 1.00. The summed E-state index contributed by atoms with van der Waals surface area (Å²) in [5.74, 6) is -2.16. The summed E-state index contributed by atoms with van der Waals surface area (Å²) in [6, 6.07) is 0. The van der Waals surface area contributed by atoms with Crippen molar-refractivity contribution in [3.8, 4) is 0 Å². The van der Waals surface area contributed by atoms with Crippen LogP contribution in [0.2, 0.25) is 0 Å². The molecule has 0 aromatic rings. The fourth-order valence-corrected chi connectivity index (χ4v) is 3.83. The summed E-state index contributed by atoms with van der Waals surface area (Å²) in [5.41, 5.74) is 0. The molecule has 3 unspecified atom stereocenters. The first kappa shape index (κ1) is 13.8. The van der Waals surface area contributed by atoms with Gasteiger partial charge in [0.05, 0.1) is 17.3 Å². The second-order valence-electron chi connectivity index (χ2n) is 4.10. The van der Waals surface area contributed by atoms with Gasteiger partial charge in [0.25, 0.3) is 0 Å². The van der Waals surface area contributed by atoms with E-state index in [-0.39, 0.29) is 25.0 Å². The van der Waals surface area contributed by atoms with Crippen LogP contribution in [0.25, 0.3) is 0 Å². The van der Waals surface area contributed by atoms with Crippen LogP contribution in [0.3, 0.4) is 0 Å².